The largest absolute Gasteiger partial charge is 0.325 e. The van der Waals surface area contributed by atoms with Crippen LogP contribution in [0.25, 0.3) is 0 Å². The molecule has 1 N–H and O–H groups in total. The molecule has 96 valence electrons. The van der Waals surface area contributed by atoms with Gasteiger partial charge in [-0.1, -0.05) is 6.07 Å². The van der Waals surface area contributed by atoms with Crippen molar-refractivity contribution >= 4 is 28.7 Å². The Kier molecular flexibility index (Phi) is 2.57. The Morgan fingerprint density at radius 3 is 2.74 bits per heavy atom. The molecule has 3 nitrogen and oxygen atoms in total. The summed E-state index contributed by atoms with van der Waals surface area (Å²) in [5.41, 5.74) is 1.74. The van der Waals surface area contributed by atoms with E-state index in [1.165, 1.54) is 11.3 Å². The maximum Gasteiger partial charge on any atom is 0.234 e. The molecule has 2 heterocycles. The van der Waals surface area contributed by atoms with Crippen LogP contribution in [0.15, 0.2) is 35.7 Å². The SMILES string of the molecule is CC1(C)C(=O)Nc2ccc(C(=O)c3cccs3)cc21. The molecule has 1 aromatic carbocycles. The summed E-state index contributed by atoms with van der Waals surface area (Å²) in [6, 6.07) is 9.08. The number of hydrogen-bond acceptors (Lipinski definition) is 3. The first kappa shape index (κ1) is 12.1. The second-order valence-corrected chi connectivity index (χ2v) is 6.09. The number of rotatable bonds is 2. The monoisotopic (exact) mass is 271 g/mol. The smallest absolute Gasteiger partial charge is 0.234 e. The molecule has 0 bridgehead atoms. The minimum absolute atomic E-state index is 0.00736. The number of benzene rings is 1. The number of hydrogen-bond donors (Lipinski definition) is 1. The van der Waals surface area contributed by atoms with Gasteiger partial charge >= 0.3 is 0 Å². The van der Waals surface area contributed by atoms with Crippen LogP contribution in [-0.2, 0) is 10.2 Å². The summed E-state index contributed by atoms with van der Waals surface area (Å²) in [5.74, 6) is -0.0174. The first-order chi connectivity index (χ1) is 9.00. The number of ketones is 1. The molecule has 0 unspecified atom stereocenters. The van der Waals surface area contributed by atoms with Gasteiger partial charge < -0.3 is 5.32 Å². The molecule has 0 saturated heterocycles. The molecule has 0 saturated carbocycles. The van der Waals surface area contributed by atoms with Crippen molar-refractivity contribution in [1.82, 2.24) is 0 Å². The summed E-state index contributed by atoms with van der Waals surface area (Å²) in [6.07, 6.45) is 0. The molecule has 1 aliphatic heterocycles. The quantitative estimate of drug-likeness (QED) is 0.852. The first-order valence-electron chi connectivity index (χ1n) is 6.04. The summed E-state index contributed by atoms with van der Waals surface area (Å²) in [7, 11) is 0. The van der Waals surface area contributed by atoms with Gasteiger partial charge in [0.05, 0.1) is 10.3 Å². The highest BCUT2D eigenvalue weighted by molar-refractivity contribution is 7.12. The summed E-state index contributed by atoms with van der Waals surface area (Å²) in [6.45, 7) is 3.74. The normalized spacial score (nSPS) is 16.0. The van der Waals surface area contributed by atoms with Crippen LogP contribution in [0.2, 0.25) is 0 Å². The van der Waals surface area contributed by atoms with E-state index in [1.807, 2.05) is 43.5 Å². The Balaban J connectivity index is 2.06. The van der Waals surface area contributed by atoms with E-state index in [1.54, 1.807) is 6.07 Å². The third-order valence-electron chi connectivity index (χ3n) is 3.52. The van der Waals surface area contributed by atoms with Gasteiger partial charge in [-0.05, 0) is 49.1 Å². The fraction of sp³-hybridized carbons (Fsp3) is 0.200. The van der Waals surface area contributed by atoms with Crippen molar-refractivity contribution in [2.45, 2.75) is 19.3 Å². The van der Waals surface area contributed by atoms with Gasteiger partial charge in [0, 0.05) is 11.3 Å². The standard InChI is InChI=1S/C15H13NO2S/c1-15(2)10-8-9(5-6-11(10)16-14(15)18)13(17)12-4-3-7-19-12/h3-8H,1-2H3,(H,16,18). The van der Waals surface area contributed by atoms with Crippen molar-refractivity contribution in [3.8, 4) is 0 Å². The molecule has 0 atom stereocenters. The molecule has 1 aromatic heterocycles. The highest BCUT2D eigenvalue weighted by Gasteiger charge is 2.38. The average molecular weight is 271 g/mol. The molecule has 19 heavy (non-hydrogen) atoms. The van der Waals surface area contributed by atoms with Crippen LogP contribution in [0.1, 0.15) is 34.6 Å². The lowest BCUT2D eigenvalue weighted by Gasteiger charge is -2.15. The van der Waals surface area contributed by atoms with Crippen molar-refractivity contribution < 1.29 is 9.59 Å². The number of nitrogens with one attached hydrogen (secondary N) is 1. The number of fused-ring (bicyclic) bond motifs is 1. The minimum atomic E-state index is -0.582. The summed E-state index contributed by atoms with van der Waals surface area (Å²) >= 11 is 1.43. The lowest BCUT2D eigenvalue weighted by Crippen LogP contribution is -2.27. The van der Waals surface area contributed by atoms with E-state index in [9.17, 15) is 9.59 Å². The van der Waals surface area contributed by atoms with Crippen LogP contribution in [0.5, 0.6) is 0 Å². The Hall–Kier alpha value is -1.94. The van der Waals surface area contributed by atoms with Crippen LogP contribution in [0, 0.1) is 0 Å². The van der Waals surface area contributed by atoms with Gasteiger partial charge in [0.1, 0.15) is 0 Å². The van der Waals surface area contributed by atoms with E-state index in [-0.39, 0.29) is 11.7 Å². The third kappa shape index (κ3) is 1.79. The number of amides is 1. The van der Waals surface area contributed by atoms with Crippen LogP contribution >= 0.6 is 11.3 Å². The van der Waals surface area contributed by atoms with E-state index < -0.39 is 5.41 Å². The number of carbonyl (C=O) groups is 2. The van der Waals surface area contributed by atoms with Crippen molar-refractivity contribution in [3.05, 3.63) is 51.7 Å². The molecule has 1 aliphatic rings. The molecule has 0 spiro atoms. The van der Waals surface area contributed by atoms with Crippen LogP contribution in [0.3, 0.4) is 0 Å². The minimum Gasteiger partial charge on any atom is -0.325 e. The second-order valence-electron chi connectivity index (χ2n) is 5.15. The summed E-state index contributed by atoms with van der Waals surface area (Å²) in [5, 5.41) is 4.73. The Bertz CT molecular complexity index is 671. The Morgan fingerprint density at radius 1 is 1.26 bits per heavy atom. The van der Waals surface area contributed by atoms with Gasteiger partial charge in [-0.25, -0.2) is 0 Å². The van der Waals surface area contributed by atoms with Gasteiger partial charge in [-0.2, -0.15) is 0 Å². The fourth-order valence-corrected chi connectivity index (χ4v) is 2.95. The third-order valence-corrected chi connectivity index (χ3v) is 4.38. The first-order valence-corrected chi connectivity index (χ1v) is 6.92. The van der Waals surface area contributed by atoms with Crippen molar-refractivity contribution in [3.63, 3.8) is 0 Å². The predicted octanol–water partition coefficient (Wildman–Crippen LogP) is 3.21. The van der Waals surface area contributed by atoms with Gasteiger partial charge in [0.25, 0.3) is 0 Å². The highest BCUT2D eigenvalue weighted by atomic mass is 32.1. The number of carbonyl (C=O) groups excluding carboxylic acids is 2. The van der Waals surface area contributed by atoms with Gasteiger partial charge in [-0.3, -0.25) is 9.59 Å². The molecule has 0 fully saturated rings. The Morgan fingerprint density at radius 2 is 2.05 bits per heavy atom. The second kappa shape index (κ2) is 4.03. The van der Waals surface area contributed by atoms with E-state index in [4.69, 9.17) is 0 Å². The van der Waals surface area contributed by atoms with Gasteiger partial charge in [-0.15, -0.1) is 11.3 Å². The van der Waals surface area contributed by atoms with Crippen LogP contribution < -0.4 is 5.32 Å². The zero-order chi connectivity index (χ0) is 13.6. The Labute approximate surface area is 115 Å². The lowest BCUT2D eigenvalue weighted by atomic mass is 9.85. The van der Waals surface area contributed by atoms with Gasteiger partial charge in [0.15, 0.2) is 0 Å². The van der Waals surface area contributed by atoms with Crippen molar-refractivity contribution in [2.75, 3.05) is 5.32 Å². The van der Waals surface area contributed by atoms with E-state index in [2.05, 4.69) is 5.32 Å². The molecular formula is C15H13NO2S. The summed E-state index contributed by atoms with van der Waals surface area (Å²) in [4.78, 5) is 24.9. The van der Waals surface area contributed by atoms with Crippen LogP contribution in [0.4, 0.5) is 5.69 Å². The zero-order valence-corrected chi connectivity index (χ0v) is 11.5. The zero-order valence-electron chi connectivity index (χ0n) is 10.7. The highest BCUT2D eigenvalue weighted by Crippen LogP contribution is 2.38. The molecule has 3 rings (SSSR count). The lowest BCUT2D eigenvalue weighted by molar-refractivity contribution is -0.119. The molecule has 1 amide bonds. The van der Waals surface area contributed by atoms with Crippen LogP contribution in [-0.4, -0.2) is 11.7 Å². The molecule has 4 heteroatoms. The maximum absolute atomic E-state index is 12.3. The molecule has 2 aromatic rings. The van der Waals surface area contributed by atoms with Gasteiger partial charge in [0.2, 0.25) is 11.7 Å². The topological polar surface area (TPSA) is 46.2 Å². The maximum atomic E-state index is 12.3. The molecular weight excluding hydrogens is 258 g/mol. The number of thiophene rings is 1. The van der Waals surface area contributed by atoms with Crippen molar-refractivity contribution in [2.24, 2.45) is 0 Å². The fourth-order valence-electron chi connectivity index (χ4n) is 2.26. The molecule has 0 radical (unpaired) electrons. The average Bonchev–Trinajstić information content (AvgIpc) is 2.98. The van der Waals surface area contributed by atoms with E-state index >= 15 is 0 Å². The predicted molar refractivity (Wildman–Crippen MR) is 75.8 cm³/mol. The molecule has 0 aliphatic carbocycles. The van der Waals surface area contributed by atoms with Crippen molar-refractivity contribution in [1.29, 1.82) is 0 Å². The summed E-state index contributed by atoms with van der Waals surface area (Å²) < 4.78 is 0. The van der Waals surface area contributed by atoms with E-state index in [0.29, 0.717) is 5.56 Å². The number of anilines is 1. The van der Waals surface area contributed by atoms with E-state index in [0.717, 1.165) is 16.1 Å².